The molecule has 8 heteroatoms. The van der Waals surface area contributed by atoms with E-state index >= 15 is 0 Å². The zero-order valence-corrected chi connectivity index (χ0v) is 17.0. The molecular formula is C22H25N3O5. The molecule has 2 aromatic carbocycles. The second kappa shape index (κ2) is 9.78. The predicted molar refractivity (Wildman–Crippen MR) is 114 cm³/mol. The van der Waals surface area contributed by atoms with Gasteiger partial charge in [-0.1, -0.05) is 12.5 Å². The van der Waals surface area contributed by atoms with Crippen LogP contribution >= 0.6 is 0 Å². The van der Waals surface area contributed by atoms with Gasteiger partial charge in [0, 0.05) is 18.5 Å². The average molecular weight is 411 g/mol. The van der Waals surface area contributed by atoms with Gasteiger partial charge in [0.15, 0.2) is 5.58 Å². The number of nitrogens with zero attached hydrogens (tertiary/aromatic N) is 1. The van der Waals surface area contributed by atoms with Crippen molar-refractivity contribution in [2.45, 2.75) is 32.6 Å². The largest absolute Gasteiger partial charge is 0.495 e. The normalized spacial score (nSPS) is 10.7. The number of carboxylic acid groups (broad SMARTS) is 1. The number of benzene rings is 2. The van der Waals surface area contributed by atoms with E-state index < -0.39 is 5.97 Å². The maximum Gasteiger partial charge on any atom is 0.319 e. The Kier molecular flexibility index (Phi) is 6.90. The van der Waals surface area contributed by atoms with Gasteiger partial charge in [-0.05, 0) is 55.7 Å². The molecule has 0 bridgehead atoms. The van der Waals surface area contributed by atoms with Crippen molar-refractivity contribution in [2.24, 2.45) is 0 Å². The SMILES string of the molecule is COc1ccc(-c2nc3ccc(C)cc3o2)cc1NC(=O)NCCCCCC(=O)O. The molecule has 0 unspecified atom stereocenters. The van der Waals surface area contributed by atoms with Gasteiger partial charge in [0.1, 0.15) is 11.3 Å². The molecule has 0 saturated carbocycles. The van der Waals surface area contributed by atoms with Gasteiger partial charge in [0.2, 0.25) is 5.89 Å². The molecule has 0 spiro atoms. The van der Waals surface area contributed by atoms with Crippen LogP contribution in [0.25, 0.3) is 22.6 Å². The lowest BCUT2D eigenvalue weighted by Crippen LogP contribution is -2.29. The number of urea groups is 1. The van der Waals surface area contributed by atoms with Crippen LogP contribution in [0.3, 0.4) is 0 Å². The maximum absolute atomic E-state index is 12.2. The third-order valence-corrected chi connectivity index (χ3v) is 4.59. The number of carbonyl (C=O) groups is 2. The number of anilines is 1. The number of hydrogen-bond acceptors (Lipinski definition) is 5. The summed E-state index contributed by atoms with van der Waals surface area (Å²) in [7, 11) is 1.53. The van der Waals surface area contributed by atoms with E-state index in [1.54, 1.807) is 12.1 Å². The van der Waals surface area contributed by atoms with E-state index in [0.717, 1.165) is 17.5 Å². The maximum atomic E-state index is 12.2. The Hall–Kier alpha value is -3.55. The monoisotopic (exact) mass is 411 g/mol. The van der Waals surface area contributed by atoms with Gasteiger partial charge in [0.25, 0.3) is 0 Å². The molecule has 1 heterocycles. The number of rotatable bonds is 9. The minimum absolute atomic E-state index is 0.144. The minimum atomic E-state index is -0.804. The standard InChI is InChI=1S/C22H25N3O5/c1-14-7-9-16-19(12-14)30-21(24-16)15-8-10-18(29-2)17(13-15)25-22(28)23-11-5-3-4-6-20(26)27/h7-10,12-13H,3-6,11H2,1-2H3,(H,26,27)(H2,23,25,28). The Labute approximate surface area is 174 Å². The number of fused-ring (bicyclic) bond motifs is 1. The van der Waals surface area contributed by atoms with Gasteiger partial charge >= 0.3 is 12.0 Å². The van der Waals surface area contributed by atoms with Crippen LogP contribution in [0.1, 0.15) is 31.2 Å². The molecule has 0 aliphatic carbocycles. The lowest BCUT2D eigenvalue weighted by atomic mass is 10.2. The molecular weight excluding hydrogens is 386 g/mol. The van der Waals surface area contributed by atoms with E-state index in [-0.39, 0.29) is 12.5 Å². The Bertz CT molecular complexity index is 1040. The van der Waals surface area contributed by atoms with E-state index in [2.05, 4.69) is 15.6 Å². The number of carboxylic acids is 1. The summed E-state index contributed by atoms with van der Waals surface area (Å²) in [5.74, 6) is 0.171. The molecule has 0 saturated heterocycles. The Morgan fingerprint density at radius 1 is 1.13 bits per heavy atom. The Balaban J connectivity index is 1.65. The first-order valence-electron chi connectivity index (χ1n) is 9.78. The number of nitrogens with one attached hydrogen (secondary N) is 2. The van der Waals surface area contributed by atoms with Crippen LogP contribution in [0, 0.1) is 6.92 Å². The van der Waals surface area contributed by atoms with Gasteiger partial charge in [-0.3, -0.25) is 4.79 Å². The fourth-order valence-corrected chi connectivity index (χ4v) is 3.04. The highest BCUT2D eigenvalue weighted by Crippen LogP contribution is 2.32. The number of amides is 2. The summed E-state index contributed by atoms with van der Waals surface area (Å²) in [5, 5.41) is 14.2. The fraction of sp³-hybridized carbons (Fsp3) is 0.318. The first-order chi connectivity index (χ1) is 14.5. The number of ether oxygens (including phenoxy) is 1. The van der Waals surface area contributed by atoms with Crippen molar-refractivity contribution in [3.8, 4) is 17.2 Å². The number of oxazole rings is 1. The summed E-state index contributed by atoms with van der Waals surface area (Å²) >= 11 is 0. The summed E-state index contributed by atoms with van der Waals surface area (Å²) in [6.45, 7) is 2.44. The zero-order valence-electron chi connectivity index (χ0n) is 17.0. The summed E-state index contributed by atoms with van der Waals surface area (Å²) in [4.78, 5) is 27.2. The molecule has 0 aliphatic rings. The highest BCUT2D eigenvalue weighted by atomic mass is 16.5. The summed E-state index contributed by atoms with van der Waals surface area (Å²) in [6, 6.07) is 10.8. The van der Waals surface area contributed by atoms with E-state index in [1.165, 1.54) is 7.11 Å². The molecule has 1 aromatic heterocycles. The van der Waals surface area contributed by atoms with E-state index in [9.17, 15) is 9.59 Å². The molecule has 0 fully saturated rings. The third-order valence-electron chi connectivity index (χ3n) is 4.59. The highest BCUT2D eigenvalue weighted by Gasteiger charge is 2.13. The molecule has 0 aliphatic heterocycles. The first-order valence-corrected chi connectivity index (χ1v) is 9.78. The van der Waals surface area contributed by atoms with Crippen LogP contribution in [0.15, 0.2) is 40.8 Å². The number of aromatic nitrogens is 1. The number of aliphatic carboxylic acids is 1. The topological polar surface area (TPSA) is 114 Å². The van der Waals surface area contributed by atoms with Gasteiger partial charge in [0.05, 0.1) is 12.8 Å². The molecule has 3 N–H and O–H groups in total. The van der Waals surface area contributed by atoms with Gasteiger partial charge < -0.3 is 24.9 Å². The van der Waals surface area contributed by atoms with Crippen LogP contribution in [0.4, 0.5) is 10.5 Å². The number of aryl methyl sites for hydroxylation is 1. The van der Waals surface area contributed by atoms with Gasteiger partial charge in [-0.25, -0.2) is 9.78 Å². The van der Waals surface area contributed by atoms with Crippen molar-refractivity contribution in [3.63, 3.8) is 0 Å². The van der Waals surface area contributed by atoms with Crippen molar-refractivity contribution in [2.75, 3.05) is 19.0 Å². The van der Waals surface area contributed by atoms with Crippen LogP contribution in [-0.4, -0.2) is 35.7 Å². The van der Waals surface area contributed by atoms with Gasteiger partial charge in [-0.15, -0.1) is 0 Å². The van der Waals surface area contributed by atoms with E-state index in [1.807, 2.05) is 31.2 Å². The second-order valence-corrected chi connectivity index (χ2v) is 6.99. The van der Waals surface area contributed by atoms with Crippen LogP contribution < -0.4 is 15.4 Å². The second-order valence-electron chi connectivity index (χ2n) is 6.99. The van der Waals surface area contributed by atoms with E-state index in [4.69, 9.17) is 14.3 Å². The van der Waals surface area contributed by atoms with Crippen LogP contribution in [0.2, 0.25) is 0 Å². The molecule has 2 amide bonds. The Morgan fingerprint density at radius 2 is 1.97 bits per heavy atom. The van der Waals surface area contributed by atoms with Crippen molar-refractivity contribution in [3.05, 3.63) is 42.0 Å². The average Bonchev–Trinajstić information content (AvgIpc) is 3.13. The van der Waals surface area contributed by atoms with Crippen LogP contribution in [0.5, 0.6) is 5.75 Å². The summed E-state index contributed by atoms with van der Waals surface area (Å²) in [5.41, 5.74) is 3.77. The van der Waals surface area contributed by atoms with Crippen LogP contribution in [-0.2, 0) is 4.79 Å². The highest BCUT2D eigenvalue weighted by molar-refractivity contribution is 5.92. The zero-order chi connectivity index (χ0) is 21.5. The number of carbonyl (C=O) groups excluding carboxylic acids is 1. The lowest BCUT2D eigenvalue weighted by Gasteiger charge is -2.12. The molecule has 0 radical (unpaired) electrons. The molecule has 0 atom stereocenters. The van der Waals surface area contributed by atoms with Crippen molar-refractivity contribution in [1.82, 2.24) is 10.3 Å². The van der Waals surface area contributed by atoms with Crippen molar-refractivity contribution in [1.29, 1.82) is 0 Å². The number of methoxy groups -OCH3 is 1. The molecule has 158 valence electrons. The number of unbranched alkanes of at least 4 members (excludes halogenated alkanes) is 2. The molecule has 3 rings (SSSR count). The molecule has 3 aromatic rings. The lowest BCUT2D eigenvalue weighted by molar-refractivity contribution is -0.137. The first kappa shape index (κ1) is 21.2. The Morgan fingerprint density at radius 3 is 2.73 bits per heavy atom. The van der Waals surface area contributed by atoms with E-state index in [0.29, 0.717) is 47.9 Å². The van der Waals surface area contributed by atoms with Gasteiger partial charge in [-0.2, -0.15) is 0 Å². The summed E-state index contributed by atoms with van der Waals surface area (Å²) < 4.78 is 11.2. The van der Waals surface area contributed by atoms with Crippen molar-refractivity contribution >= 4 is 28.8 Å². The number of hydrogen-bond donors (Lipinski definition) is 3. The summed E-state index contributed by atoms with van der Waals surface area (Å²) in [6.07, 6.45) is 2.19. The minimum Gasteiger partial charge on any atom is -0.495 e. The fourth-order valence-electron chi connectivity index (χ4n) is 3.04. The van der Waals surface area contributed by atoms with Crippen molar-refractivity contribution < 1.29 is 23.8 Å². The quantitative estimate of drug-likeness (QED) is 0.444. The predicted octanol–water partition coefficient (Wildman–Crippen LogP) is 4.58. The smallest absolute Gasteiger partial charge is 0.319 e. The third kappa shape index (κ3) is 5.50. The molecule has 30 heavy (non-hydrogen) atoms. The molecule has 8 nitrogen and oxygen atoms in total.